The minimum atomic E-state index is -0.0834. The van der Waals surface area contributed by atoms with Gasteiger partial charge in [-0.1, -0.05) is 24.4 Å². The number of phenols is 1. The Morgan fingerprint density at radius 3 is 2.53 bits per heavy atom. The van der Waals surface area contributed by atoms with Crippen molar-refractivity contribution in [2.75, 3.05) is 0 Å². The molecule has 2 nitrogen and oxygen atoms in total. The highest BCUT2D eigenvalue weighted by atomic mass is 35.5. The number of rotatable bonds is 2. The first-order chi connectivity index (χ1) is 7.59. The van der Waals surface area contributed by atoms with Gasteiger partial charge in [0.2, 0.25) is 0 Å². The summed E-state index contributed by atoms with van der Waals surface area (Å²) < 4.78 is 0. The largest absolute Gasteiger partial charge is 0.507 e. The summed E-state index contributed by atoms with van der Waals surface area (Å²) in [5.41, 5.74) is 7.82. The Kier molecular flexibility index (Phi) is 5.11. The summed E-state index contributed by atoms with van der Waals surface area (Å²) >= 11 is 6.01. The molecular formula is C13H19Cl2NO. The zero-order chi connectivity index (χ0) is 11.7. The first kappa shape index (κ1) is 14.6. The van der Waals surface area contributed by atoms with E-state index in [-0.39, 0.29) is 18.4 Å². The highest BCUT2D eigenvalue weighted by Crippen LogP contribution is 2.39. The topological polar surface area (TPSA) is 46.2 Å². The third kappa shape index (κ3) is 3.06. The van der Waals surface area contributed by atoms with E-state index < -0.39 is 0 Å². The van der Waals surface area contributed by atoms with Crippen molar-refractivity contribution in [1.29, 1.82) is 0 Å². The van der Waals surface area contributed by atoms with Gasteiger partial charge in [-0.05, 0) is 43.4 Å². The van der Waals surface area contributed by atoms with Crippen LogP contribution in [-0.2, 0) is 0 Å². The molecule has 0 saturated heterocycles. The van der Waals surface area contributed by atoms with Crippen LogP contribution in [0.5, 0.6) is 5.75 Å². The minimum Gasteiger partial charge on any atom is -0.507 e. The van der Waals surface area contributed by atoms with Crippen molar-refractivity contribution in [1.82, 2.24) is 0 Å². The molecule has 4 heteroatoms. The maximum Gasteiger partial charge on any atom is 0.123 e. The Bertz CT molecular complexity index is 389. The van der Waals surface area contributed by atoms with E-state index in [0.717, 1.165) is 24.0 Å². The van der Waals surface area contributed by atoms with Crippen LogP contribution in [0.3, 0.4) is 0 Å². The molecule has 1 aromatic carbocycles. The summed E-state index contributed by atoms with van der Waals surface area (Å²) in [7, 11) is 0. The zero-order valence-corrected chi connectivity index (χ0v) is 11.5. The first-order valence-corrected chi connectivity index (χ1v) is 6.22. The molecule has 1 saturated carbocycles. The molecule has 1 aliphatic rings. The van der Waals surface area contributed by atoms with Gasteiger partial charge in [0, 0.05) is 16.6 Å². The molecule has 1 aromatic rings. The average molecular weight is 276 g/mol. The van der Waals surface area contributed by atoms with Crippen molar-refractivity contribution in [2.24, 2.45) is 11.7 Å². The van der Waals surface area contributed by atoms with E-state index in [1.807, 2.05) is 6.92 Å². The van der Waals surface area contributed by atoms with E-state index in [9.17, 15) is 5.11 Å². The highest BCUT2D eigenvalue weighted by Gasteiger charge is 2.25. The van der Waals surface area contributed by atoms with Crippen molar-refractivity contribution < 1.29 is 5.11 Å². The summed E-state index contributed by atoms with van der Waals surface area (Å²) in [6.07, 6.45) is 4.82. The fourth-order valence-corrected chi connectivity index (χ4v) is 2.87. The van der Waals surface area contributed by atoms with Gasteiger partial charge in [0.15, 0.2) is 0 Å². The Hall–Kier alpha value is -0.440. The van der Waals surface area contributed by atoms with E-state index in [2.05, 4.69) is 0 Å². The van der Waals surface area contributed by atoms with Crippen molar-refractivity contribution in [2.45, 2.75) is 38.6 Å². The normalized spacial score (nSPS) is 17.8. The number of hydrogen-bond donors (Lipinski definition) is 2. The van der Waals surface area contributed by atoms with Crippen LogP contribution in [-0.4, -0.2) is 5.11 Å². The Labute approximate surface area is 114 Å². The van der Waals surface area contributed by atoms with Crippen molar-refractivity contribution in [3.05, 3.63) is 28.3 Å². The number of aryl methyl sites for hydroxylation is 1. The lowest BCUT2D eigenvalue weighted by Gasteiger charge is -2.21. The molecule has 0 radical (unpaired) electrons. The Balaban J connectivity index is 0.00000144. The van der Waals surface area contributed by atoms with Crippen LogP contribution in [0.2, 0.25) is 5.02 Å². The van der Waals surface area contributed by atoms with Gasteiger partial charge in [-0.25, -0.2) is 0 Å². The van der Waals surface area contributed by atoms with Gasteiger partial charge in [-0.3, -0.25) is 0 Å². The second kappa shape index (κ2) is 5.94. The van der Waals surface area contributed by atoms with Crippen LogP contribution < -0.4 is 5.73 Å². The third-order valence-corrected chi connectivity index (χ3v) is 3.78. The molecule has 0 spiro atoms. The summed E-state index contributed by atoms with van der Waals surface area (Å²) in [6, 6.07) is 3.48. The lowest BCUT2D eigenvalue weighted by molar-refractivity contribution is 0.410. The molecule has 2 rings (SSSR count). The lowest BCUT2D eigenvalue weighted by atomic mass is 9.91. The van der Waals surface area contributed by atoms with E-state index in [0.29, 0.717) is 16.7 Å². The van der Waals surface area contributed by atoms with E-state index in [4.69, 9.17) is 17.3 Å². The highest BCUT2D eigenvalue weighted by molar-refractivity contribution is 6.30. The maximum atomic E-state index is 10.0. The number of halogens is 2. The number of hydrogen-bond acceptors (Lipinski definition) is 2. The Morgan fingerprint density at radius 1 is 1.35 bits per heavy atom. The van der Waals surface area contributed by atoms with Crippen LogP contribution in [0.1, 0.15) is 42.9 Å². The zero-order valence-electron chi connectivity index (χ0n) is 9.95. The molecule has 0 heterocycles. The van der Waals surface area contributed by atoms with Gasteiger partial charge in [0.1, 0.15) is 5.75 Å². The minimum absolute atomic E-state index is 0. The number of nitrogens with two attached hydrogens (primary N) is 1. The van der Waals surface area contributed by atoms with Gasteiger partial charge in [0.05, 0.1) is 0 Å². The molecule has 1 atom stereocenters. The van der Waals surface area contributed by atoms with Crippen molar-refractivity contribution >= 4 is 24.0 Å². The predicted octanol–water partition coefficient (Wildman–Crippen LogP) is 3.97. The fraction of sp³-hybridized carbons (Fsp3) is 0.538. The molecule has 17 heavy (non-hydrogen) atoms. The molecule has 0 amide bonds. The summed E-state index contributed by atoms with van der Waals surface area (Å²) in [4.78, 5) is 0. The smallest absolute Gasteiger partial charge is 0.123 e. The molecule has 0 aliphatic heterocycles. The van der Waals surface area contributed by atoms with Gasteiger partial charge in [-0.15, -0.1) is 12.4 Å². The molecule has 96 valence electrons. The lowest BCUT2D eigenvalue weighted by Crippen LogP contribution is -2.19. The van der Waals surface area contributed by atoms with Crippen molar-refractivity contribution in [3.63, 3.8) is 0 Å². The van der Waals surface area contributed by atoms with E-state index >= 15 is 0 Å². The number of benzene rings is 1. The van der Waals surface area contributed by atoms with E-state index in [1.54, 1.807) is 12.1 Å². The van der Waals surface area contributed by atoms with E-state index in [1.165, 1.54) is 12.8 Å². The first-order valence-electron chi connectivity index (χ1n) is 5.84. The average Bonchev–Trinajstić information content (AvgIpc) is 2.75. The number of phenolic OH excluding ortho intramolecular Hbond substituents is 1. The molecule has 1 aliphatic carbocycles. The van der Waals surface area contributed by atoms with Gasteiger partial charge >= 0.3 is 0 Å². The van der Waals surface area contributed by atoms with Crippen molar-refractivity contribution in [3.8, 4) is 5.75 Å². The Morgan fingerprint density at radius 2 is 1.94 bits per heavy atom. The molecule has 3 N–H and O–H groups in total. The molecule has 0 unspecified atom stereocenters. The molecule has 0 aromatic heterocycles. The van der Waals surface area contributed by atoms with Crippen LogP contribution in [0.4, 0.5) is 0 Å². The van der Waals surface area contributed by atoms with Crippen LogP contribution in [0.15, 0.2) is 12.1 Å². The molecular weight excluding hydrogens is 257 g/mol. The number of aromatic hydroxyl groups is 1. The second-order valence-corrected chi connectivity index (χ2v) is 5.17. The summed E-state index contributed by atoms with van der Waals surface area (Å²) in [6.45, 7) is 1.85. The van der Waals surface area contributed by atoms with Crippen LogP contribution in [0.25, 0.3) is 0 Å². The predicted molar refractivity (Wildman–Crippen MR) is 74.0 cm³/mol. The van der Waals surface area contributed by atoms with Crippen LogP contribution >= 0.6 is 24.0 Å². The summed E-state index contributed by atoms with van der Waals surface area (Å²) in [5.74, 6) is 0.799. The molecule has 0 bridgehead atoms. The summed E-state index contributed by atoms with van der Waals surface area (Å²) in [5, 5.41) is 10.7. The van der Waals surface area contributed by atoms with Gasteiger partial charge in [-0.2, -0.15) is 0 Å². The monoisotopic (exact) mass is 275 g/mol. The quantitative estimate of drug-likeness (QED) is 0.858. The van der Waals surface area contributed by atoms with Gasteiger partial charge in [0.25, 0.3) is 0 Å². The van der Waals surface area contributed by atoms with Gasteiger partial charge < -0.3 is 10.8 Å². The molecule has 1 fully saturated rings. The fourth-order valence-electron chi connectivity index (χ4n) is 2.59. The SMILES string of the molecule is Cc1cc(Cl)cc([C@H](N)C2CCCC2)c1O.Cl. The standard InChI is InChI=1S/C13H18ClNO.ClH/c1-8-6-10(14)7-11(13(8)16)12(15)9-4-2-3-5-9;/h6-7,9,12,16H,2-5,15H2,1H3;1H/t12-;/m1./s1. The van der Waals surface area contributed by atoms with Crippen LogP contribution in [0, 0.1) is 12.8 Å². The second-order valence-electron chi connectivity index (χ2n) is 4.73. The third-order valence-electron chi connectivity index (χ3n) is 3.56. The maximum absolute atomic E-state index is 10.0.